The molecule has 0 radical (unpaired) electrons. The summed E-state index contributed by atoms with van der Waals surface area (Å²) in [6.07, 6.45) is 1.18. The fourth-order valence-corrected chi connectivity index (χ4v) is 1.89. The van der Waals surface area contributed by atoms with E-state index >= 15 is 0 Å². The van der Waals surface area contributed by atoms with Crippen LogP contribution in [0.5, 0.6) is 0 Å². The number of carbonyl (C=O) groups is 2. The lowest BCUT2D eigenvalue weighted by Crippen LogP contribution is -2.13. The quantitative estimate of drug-likeness (QED) is 0.905. The van der Waals surface area contributed by atoms with E-state index in [0.29, 0.717) is 15.9 Å². The molecule has 1 amide bonds. The summed E-state index contributed by atoms with van der Waals surface area (Å²) in [5.41, 5.74) is 0.890. The van der Waals surface area contributed by atoms with Gasteiger partial charge in [-0.3, -0.25) is 4.79 Å². The molecule has 19 heavy (non-hydrogen) atoms. The number of amides is 1. The fourth-order valence-electron chi connectivity index (χ4n) is 1.47. The monoisotopic (exact) mass is 324 g/mol. The van der Waals surface area contributed by atoms with Gasteiger partial charge in [-0.15, -0.1) is 0 Å². The van der Waals surface area contributed by atoms with Crippen molar-refractivity contribution >= 4 is 33.5 Å². The molecule has 1 aromatic carbocycles. The molecule has 0 aliphatic rings. The van der Waals surface area contributed by atoms with Crippen molar-refractivity contribution in [2.75, 3.05) is 5.32 Å². The molecular formula is C12H9BrN2O4. The van der Waals surface area contributed by atoms with Crippen LogP contribution in [-0.4, -0.2) is 22.0 Å². The standard InChI is InChI=1S/C12H9BrN2O4/c1-6-10(19-5-14-6)11(16)15-7-2-3-9(13)8(4-7)12(17)18/h2-5H,1H3,(H,15,16)(H,17,18). The number of aromatic nitrogens is 1. The first-order valence-electron chi connectivity index (χ1n) is 5.23. The van der Waals surface area contributed by atoms with Crippen LogP contribution < -0.4 is 5.32 Å². The minimum Gasteiger partial charge on any atom is -0.478 e. The van der Waals surface area contributed by atoms with E-state index in [1.807, 2.05) is 0 Å². The number of rotatable bonds is 3. The number of hydrogen-bond acceptors (Lipinski definition) is 4. The summed E-state index contributed by atoms with van der Waals surface area (Å²) < 4.78 is 5.39. The molecule has 1 heterocycles. The summed E-state index contributed by atoms with van der Waals surface area (Å²) in [4.78, 5) is 26.6. The van der Waals surface area contributed by atoms with Gasteiger partial charge in [-0.25, -0.2) is 9.78 Å². The topological polar surface area (TPSA) is 92.4 Å². The fraction of sp³-hybridized carbons (Fsp3) is 0.0833. The van der Waals surface area contributed by atoms with E-state index < -0.39 is 11.9 Å². The van der Waals surface area contributed by atoms with Crippen LogP contribution in [0.1, 0.15) is 26.6 Å². The third-order valence-electron chi connectivity index (χ3n) is 2.41. The largest absolute Gasteiger partial charge is 0.478 e. The number of anilines is 1. The van der Waals surface area contributed by atoms with Gasteiger partial charge in [0.1, 0.15) is 0 Å². The van der Waals surface area contributed by atoms with Crippen molar-refractivity contribution in [3.8, 4) is 0 Å². The average molecular weight is 325 g/mol. The van der Waals surface area contributed by atoms with E-state index in [9.17, 15) is 9.59 Å². The second kappa shape index (κ2) is 5.23. The normalized spacial score (nSPS) is 10.2. The van der Waals surface area contributed by atoms with Crippen molar-refractivity contribution in [2.24, 2.45) is 0 Å². The van der Waals surface area contributed by atoms with Gasteiger partial charge < -0.3 is 14.8 Å². The summed E-state index contributed by atoms with van der Waals surface area (Å²) in [7, 11) is 0. The number of nitrogens with one attached hydrogen (secondary N) is 1. The van der Waals surface area contributed by atoms with Gasteiger partial charge in [0.25, 0.3) is 5.91 Å². The maximum atomic E-state index is 11.9. The average Bonchev–Trinajstić information content (AvgIpc) is 2.77. The number of halogens is 1. The molecule has 0 bridgehead atoms. The zero-order valence-corrected chi connectivity index (χ0v) is 11.4. The van der Waals surface area contributed by atoms with Gasteiger partial charge in [0.05, 0.1) is 11.3 Å². The zero-order chi connectivity index (χ0) is 14.0. The number of aryl methyl sites for hydroxylation is 1. The Morgan fingerprint density at radius 3 is 2.74 bits per heavy atom. The number of carboxylic acids is 1. The molecule has 98 valence electrons. The molecule has 0 saturated carbocycles. The third-order valence-corrected chi connectivity index (χ3v) is 3.10. The van der Waals surface area contributed by atoms with Gasteiger partial charge in [-0.05, 0) is 41.1 Å². The molecule has 7 heteroatoms. The summed E-state index contributed by atoms with van der Waals surface area (Å²) in [5.74, 6) is -1.47. The van der Waals surface area contributed by atoms with Crippen molar-refractivity contribution in [2.45, 2.75) is 6.92 Å². The van der Waals surface area contributed by atoms with Gasteiger partial charge in [-0.1, -0.05) is 0 Å². The Kier molecular flexibility index (Phi) is 3.66. The molecule has 0 aliphatic heterocycles. The Labute approximate surface area is 116 Å². The minimum atomic E-state index is -1.08. The van der Waals surface area contributed by atoms with E-state index in [1.165, 1.54) is 12.5 Å². The molecule has 6 nitrogen and oxygen atoms in total. The van der Waals surface area contributed by atoms with Crippen LogP contribution in [0.3, 0.4) is 0 Å². The first kappa shape index (κ1) is 13.3. The van der Waals surface area contributed by atoms with Gasteiger partial charge in [0, 0.05) is 10.2 Å². The molecular weight excluding hydrogens is 316 g/mol. The summed E-state index contributed by atoms with van der Waals surface area (Å²) in [6, 6.07) is 4.49. The van der Waals surface area contributed by atoms with E-state index in [4.69, 9.17) is 9.52 Å². The highest BCUT2D eigenvalue weighted by atomic mass is 79.9. The number of benzene rings is 1. The van der Waals surface area contributed by atoms with E-state index in [-0.39, 0.29) is 11.3 Å². The van der Waals surface area contributed by atoms with Gasteiger partial charge >= 0.3 is 5.97 Å². The van der Waals surface area contributed by atoms with Gasteiger partial charge in [0.2, 0.25) is 5.76 Å². The Morgan fingerprint density at radius 2 is 2.16 bits per heavy atom. The van der Waals surface area contributed by atoms with Crippen molar-refractivity contribution in [1.82, 2.24) is 4.98 Å². The maximum Gasteiger partial charge on any atom is 0.336 e. The van der Waals surface area contributed by atoms with E-state index in [1.54, 1.807) is 19.1 Å². The predicted octanol–water partition coefficient (Wildman–Crippen LogP) is 2.70. The lowest BCUT2D eigenvalue weighted by Gasteiger charge is -2.06. The molecule has 2 aromatic rings. The van der Waals surface area contributed by atoms with Gasteiger partial charge in [0.15, 0.2) is 6.39 Å². The molecule has 0 fully saturated rings. The molecule has 0 saturated heterocycles. The molecule has 0 aliphatic carbocycles. The van der Waals surface area contributed by atoms with Crippen molar-refractivity contribution in [3.63, 3.8) is 0 Å². The number of aromatic carboxylic acids is 1. The Morgan fingerprint density at radius 1 is 1.42 bits per heavy atom. The molecule has 0 spiro atoms. The minimum absolute atomic E-state index is 0.0621. The number of oxazole rings is 1. The number of nitrogens with zero attached hydrogens (tertiary/aromatic N) is 1. The summed E-state index contributed by atoms with van der Waals surface area (Å²) in [6.45, 7) is 1.64. The SMILES string of the molecule is Cc1ncoc1C(=O)Nc1ccc(Br)c(C(=O)O)c1. The van der Waals surface area contributed by atoms with Crippen molar-refractivity contribution in [3.05, 3.63) is 46.1 Å². The zero-order valence-electron chi connectivity index (χ0n) is 9.81. The van der Waals surface area contributed by atoms with E-state index in [2.05, 4.69) is 26.2 Å². The first-order valence-corrected chi connectivity index (χ1v) is 6.02. The Hall–Kier alpha value is -2.15. The highest BCUT2D eigenvalue weighted by Gasteiger charge is 2.15. The Balaban J connectivity index is 2.25. The van der Waals surface area contributed by atoms with Crippen molar-refractivity contribution < 1.29 is 19.1 Å². The number of carbonyl (C=O) groups excluding carboxylic acids is 1. The molecule has 0 atom stereocenters. The lowest BCUT2D eigenvalue weighted by atomic mass is 10.2. The summed E-state index contributed by atoms with van der Waals surface area (Å²) in [5, 5.41) is 11.5. The first-order chi connectivity index (χ1) is 8.99. The Bertz CT molecular complexity index is 651. The molecule has 2 rings (SSSR count). The third kappa shape index (κ3) is 2.82. The maximum absolute atomic E-state index is 11.9. The lowest BCUT2D eigenvalue weighted by molar-refractivity contribution is 0.0695. The summed E-state index contributed by atoms with van der Waals surface area (Å²) >= 11 is 3.13. The van der Waals surface area contributed by atoms with Crippen LogP contribution >= 0.6 is 15.9 Å². The van der Waals surface area contributed by atoms with Crippen LogP contribution in [0.25, 0.3) is 0 Å². The predicted molar refractivity (Wildman–Crippen MR) is 70.3 cm³/mol. The highest BCUT2D eigenvalue weighted by Crippen LogP contribution is 2.21. The molecule has 1 aromatic heterocycles. The van der Waals surface area contributed by atoms with Crippen LogP contribution in [0.2, 0.25) is 0 Å². The number of hydrogen-bond donors (Lipinski definition) is 2. The number of carboxylic acid groups (broad SMARTS) is 1. The van der Waals surface area contributed by atoms with Gasteiger partial charge in [-0.2, -0.15) is 0 Å². The molecule has 2 N–H and O–H groups in total. The van der Waals surface area contributed by atoms with Crippen molar-refractivity contribution in [1.29, 1.82) is 0 Å². The van der Waals surface area contributed by atoms with Crippen LogP contribution in [0.15, 0.2) is 33.5 Å². The second-order valence-corrected chi connectivity index (χ2v) is 4.58. The smallest absolute Gasteiger partial charge is 0.336 e. The molecule has 0 unspecified atom stereocenters. The van der Waals surface area contributed by atoms with Crippen LogP contribution in [0, 0.1) is 6.92 Å². The van der Waals surface area contributed by atoms with Crippen LogP contribution in [0.4, 0.5) is 5.69 Å². The second-order valence-electron chi connectivity index (χ2n) is 3.72. The van der Waals surface area contributed by atoms with E-state index in [0.717, 1.165) is 0 Å². The highest BCUT2D eigenvalue weighted by molar-refractivity contribution is 9.10. The van der Waals surface area contributed by atoms with Crippen LogP contribution in [-0.2, 0) is 0 Å².